The second-order valence-corrected chi connectivity index (χ2v) is 10.1. The Morgan fingerprint density at radius 2 is 1.89 bits per heavy atom. The minimum Gasteiger partial charge on any atom is -0.339 e. The molecule has 1 amide bonds. The number of nitriles is 1. The molecule has 2 heterocycles. The number of piperidine rings is 1. The molecule has 0 unspecified atom stereocenters. The summed E-state index contributed by atoms with van der Waals surface area (Å²) in [5.41, 5.74) is 5.99. The SMILES string of the molecule is CCc1nc(-c2cc(C(=O)N3CCC(c4ccc(C#N)cc4)CC3)c(C)cc2CC2CCC2)n[nH]1. The van der Waals surface area contributed by atoms with Crippen LogP contribution in [0.5, 0.6) is 0 Å². The van der Waals surface area contributed by atoms with Crippen LogP contribution < -0.4 is 0 Å². The first kappa shape index (κ1) is 23.3. The second kappa shape index (κ2) is 10.0. The van der Waals surface area contributed by atoms with E-state index in [9.17, 15) is 4.79 Å². The summed E-state index contributed by atoms with van der Waals surface area (Å²) in [5, 5.41) is 16.6. The summed E-state index contributed by atoms with van der Waals surface area (Å²) in [5.74, 6) is 2.82. The van der Waals surface area contributed by atoms with Gasteiger partial charge in [-0.15, -0.1) is 0 Å². The number of aryl methyl sites for hydroxylation is 2. The molecule has 6 heteroatoms. The molecule has 2 aromatic carbocycles. The number of likely N-dealkylation sites (tertiary alicyclic amines) is 1. The van der Waals surface area contributed by atoms with E-state index in [0.717, 1.165) is 67.2 Å². The summed E-state index contributed by atoms with van der Waals surface area (Å²) in [6.45, 7) is 5.59. The molecule has 1 aromatic heterocycles. The van der Waals surface area contributed by atoms with E-state index in [4.69, 9.17) is 10.2 Å². The van der Waals surface area contributed by atoms with E-state index in [1.54, 1.807) is 0 Å². The lowest BCUT2D eigenvalue weighted by Crippen LogP contribution is -2.38. The van der Waals surface area contributed by atoms with Crippen LogP contribution in [0.2, 0.25) is 0 Å². The minimum absolute atomic E-state index is 0.100. The first-order valence-corrected chi connectivity index (χ1v) is 12.9. The van der Waals surface area contributed by atoms with Gasteiger partial charge in [0.1, 0.15) is 5.82 Å². The van der Waals surface area contributed by atoms with Crippen molar-refractivity contribution in [1.29, 1.82) is 5.26 Å². The highest BCUT2D eigenvalue weighted by molar-refractivity contribution is 5.97. The van der Waals surface area contributed by atoms with Crippen LogP contribution in [0.4, 0.5) is 0 Å². The van der Waals surface area contributed by atoms with Crippen LogP contribution in [0.1, 0.15) is 83.4 Å². The fourth-order valence-electron chi connectivity index (χ4n) is 5.37. The standard InChI is InChI=1S/C29H33N5O/c1-3-27-31-28(33-32-27)26-17-25(19(2)15-24(26)16-20-5-4-6-20)29(35)34-13-11-23(12-14-34)22-9-7-21(18-30)8-10-22/h7-10,15,17,20,23H,3-6,11-14,16H2,1-2H3,(H,31,32,33). The van der Waals surface area contributed by atoms with Gasteiger partial charge in [0, 0.05) is 30.6 Å². The van der Waals surface area contributed by atoms with Crippen molar-refractivity contribution in [2.24, 2.45) is 5.92 Å². The monoisotopic (exact) mass is 467 g/mol. The second-order valence-electron chi connectivity index (χ2n) is 10.1. The van der Waals surface area contributed by atoms with E-state index in [0.29, 0.717) is 17.3 Å². The first-order valence-electron chi connectivity index (χ1n) is 12.9. The Kier molecular flexibility index (Phi) is 6.68. The van der Waals surface area contributed by atoms with Crippen molar-refractivity contribution in [2.75, 3.05) is 13.1 Å². The summed E-state index contributed by atoms with van der Waals surface area (Å²) in [6.07, 6.45) is 7.57. The molecule has 2 aliphatic rings. The maximum atomic E-state index is 13.6. The summed E-state index contributed by atoms with van der Waals surface area (Å²) in [4.78, 5) is 20.3. The van der Waals surface area contributed by atoms with Crippen molar-refractivity contribution in [3.63, 3.8) is 0 Å². The van der Waals surface area contributed by atoms with Gasteiger partial charge in [-0.2, -0.15) is 10.4 Å². The van der Waals surface area contributed by atoms with E-state index in [-0.39, 0.29) is 5.91 Å². The molecule has 1 saturated heterocycles. The summed E-state index contributed by atoms with van der Waals surface area (Å²) in [6, 6.07) is 14.3. The maximum absolute atomic E-state index is 13.6. The van der Waals surface area contributed by atoms with Crippen LogP contribution >= 0.6 is 0 Å². The van der Waals surface area contributed by atoms with Gasteiger partial charge >= 0.3 is 0 Å². The number of nitrogens with zero attached hydrogens (tertiary/aromatic N) is 4. The molecule has 0 bridgehead atoms. The predicted molar refractivity (Wildman–Crippen MR) is 136 cm³/mol. The summed E-state index contributed by atoms with van der Waals surface area (Å²) < 4.78 is 0. The number of aromatic nitrogens is 3. The van der Waals surface area contributed by atoms with Gasteiger partial charge in [-0.05, 0) is 72.9 Å². The van der Waals surface area contributed by atoms with E-state index < -0.39 is 0 Å². The van der Waals surface area contributed by atoms with Crippen molar-refractivity contribution < 1.29 is 4.79 Å². The van der Waals surface area contributed by atoms with Crippen LogP contribution in [-0.4, -0.2) is 39.1 Å². The zero-order valence-corrected chi connectivity index (χ0v) is 20.7. The largest absolute Gasteiger partial charge is 0.339 e. The molecule has 1 N–H and O–H groups in total. The average molecular weight is 468 g/mol. The molecule has 180 valence electrons. The normalized spacial score (nSPS) is 16.7. The lowest BCUT2D eigenvalue weighted by atomic mass is 9.79. The highest BCUT2D eigenvalue weighted by atomic mass is 16.2. The van der Waals surface area contributed by atoms with Crippen LogP contribution in [0.25, 0.3) is 11.4 Å². The fraction of sp³-hybridized carbons (Fsp3) is 0.448. The van der Waals surface area contributed by atoms with Gasteiger partial charge in [-0.1, -0.05) is 44.4 Å². The molecule has 6 nitrogen and oxygen atoms in total. The topological polar surface area (TPSA) is 85.7 Å². The van der Waals surface area contributed by atoms with Gasteiger partial charge in [0.05, 0.1) is 11.6 Å². The van der Waals surface area contributed by atoms with E-state index >= 15 is 0 Å². The smallest absolute Gasteiger partial charge is 0.254 e. The Morgan fingerprint density at radius 3 is 2.49 bits per heavy atom. The molecule has 1 aliphatic heterocycles. The Bertz CT molecular complexity index is 1240. The molecule has 3 aromatic rings. The van der Waals surface area contributed by atoms with Crippen LogP contribution in [-0.2, 0) is 12.8 Å². The van der Waals surface area contributed by atoms with Crippen molar-refractivity contribution >= 4 is 5.91 Å². The fourth-order valence-corrected chi connectivity index (χ4v) is 5.37. The first-order chi connectivity index (χ1) is 17.1. The van der Waals surface area contributed by atoms with Gasteiger partial charge in [-0.3, -0.25) is 9.89 Å². The molecule has 0 atom stereocenters. The van der Waals surface area contributed by atoms with Gasteiger partial charge < -0.3 is 4.90 Å². The number of H-pyrrole nitrogens is 1. The molecule has 1 aliphatic carbocycles. The van der Waals surface area contributed by atoms with E-state index in [2.05, 4.69) is 48.3 Å². The number of amides is 1. The number of hydrogen-bond donors (Lipinski definition) is 1. The van der Waals surface area contributed by atoms with Gasteiger partial charge in [0.2, 0.25) is 0 Å². The Hall–Kier alpha value is -3.46. The lowest BCUT2D eigenvalue weighted by Gasteiger charge is -2.33. The number of aromatic amines is 1. The zero-order valence-electron chi connectivity index (χ0n) is 20.7. The Labute approximate surface area is 207 Å². The molecule has 5 rings (SSSR count). The predicted octanol–water partition coefficient (Wildman–Crippen LogP) is 5.58. The quantitative estimate of drug-likeness (QED) is 0.513. The number of nitrogens with one attached hydrogen (secondary N) is 1. The van der Waals surface area contributed by atoms with Gasteiger partial charge in [0.15, 0.2) is 5.82 Å². The van der Waals surface area contributed by atoms with Gasteiger partial charge in [0.25, 0.3) is 5.91 Å². The highest BCUT2D eigenvalue weighted by Crippen LogP contribution is 2.35. The van der Waals surface area contributed by atoms with E-state index in [1.807, 2.05) is 23.1 Å². The molecule has 2 fully saturated rings. The van der Waals surface area contributed by atoms with Crippen molar-refractivity contribution in [2.45, 2.75) is 64.7 Å². The Balaban J connectivity index is 1.36. The number of hydrogen-bond acceptors (Lipinski definition) is 4. The van der Waals surface area contributed by atoms with Gasteiger partial charge in [-0.25, -0.2) is 4.98 Å². The third kappa shape index (κ3) is 4.86. The highest BCUT2D eigenvalue weighted by Gasteiger charge is 2.27. The Morgan fingerprint density at radius 1 is 1.14 bits per heavy atom. The molecule has 35 heavy (non-hydrogen) atoms. The molecular formula is C29H33N5O. The molecule has 1 saturated carbocycles. The lowest BCUT2D eigenvalue weighted by molar-refractivity contribution is 0.0712. The number of carbonyl (C=O) groups is 1. The van der Waals surface area contributed by atoms with Crippen LogP contribution in [0, 0.1) is 24.2 Å². The van der Waals surface area contributed by atoms with Crippen LogP contribution in [0.15, 0.2) is 36.4 Å². The molecular weight excluding hydrogens is 434 g/mol. The van der Waals surface area contributed by atoms with Crippen molar-refractivity contribution in [3.05, 3.63) is 70.0 Å². The van der Waals surface area contributed by atoms with Crippen molar-refractivity contribution in [1.82, 2.24) is 20.1 Å². The maximum Gasteiger partial charge on any atom is 0.254 e. The van der Waals surface area contributed by atoms with E-state index in [1.165, 1.54) is 30.4 Å². The summed E-state index contributed by atoms with van der Waals surface area (Å²) >= 11 is 0. The summed E-state index contributed by atoms with van der Waals surface area (Å²) in [7, 11) is 0. The zero-order chi connectivity index (χ0) is 24.4. The number of rotatable bonds is 6. The third-order valence-corrected chi connectivity index (χ3v) is 7.81. The third-order valence-electron chi connectivity index (χ3n) is 7.81. The minimum atomic E-state index is 0.100. The van der Waals surface area contributed by atoms with Crippen LogP contribution in [0.3, 0.4) is 0 Å². The molecule has 0 spiro atoms. The van der Waals surface area contributed by atoms with Crippen molar-refractivity contribution in [3.8, 4) is 17.5 Å². The number of carbonyl (C=O) groups excluding carboxylic acids is 1. The average Bonchev–Trinajstić information content (AvgIpc) is 3.35. The number of benzene rings is 2. The molecule has 0 radical (unpaired) electrons.